The van der Waals surface area contributed by atoms with Crippen molar-refractivity contribution in [2.75, 3.05) is 44.2 Å². The summed E-state index contributed by atoms with van der Waals surface area (Å²) in [6, 6.07) is 6.87. The maximum absolute atomic E-state index is 12.3. The van der Waals surface area contributed by atoms with Crippen LogP contribution in [0.3, 0.4) is 0 Å². The van der Waals surface area contributed by atoms with Crippen molar-refractivity contribution >= 4 is 11.8 Å². The average Bonchev–Trinajstić information content (AvgIpc) is 2.65. The molecule has 160 valence electrons. The number of hydrogen-bond acceptors (Lipinski definition) is 4. The van der Waals surface area contributed by atoms with Gasteiger partial charge in [-0.1, -0.05) is 18.2 Å². The number of likely N-dealkylation sites (tertiary alicyclic amines) is 2. The summed E-state index contributed by atoms with van der Waals surface area (Å²) in [6.07, 6.45) is 4.52. The zero-order valence-electron chi connectivity index (χ0n) is 18.7. The molecule has 5 nitrogen and oxygen atoms in total. The van der Waals surface area contributed by atoms with E-state index in [1.807, 2.05) is 25.7 Å². The average molecular weight is 400 g/mol. The highest BCUT2D eigenvalue weighted by atomic mass is 16.6. The first-order chi connectivity index (χ1) is 13.8. The summed E-state index contributed by atoms with van der Waals surface area (Å²) in [5.74, 6) is 0. The van der Waals surface area contributed by atoms with Gasteiger partial charge in [0, 0.05) is 51.5 Å². The Morgan fingerprint density at radius 2 is 1.86 bits per heavy atom. The zero-order valence-corrected chi connectivity index (χ0v) is 18.7. The largest absolute Gasteiger partial charge is 0.444 e. The lowest BCUT2D eigenvalue weighted by molar-refractivity contribution is -0.0550. The Kier molecular flexibility index (Phi) is 5.54. The number of anilines is 1. The van der Waals surface area contributed by atoms with E-state index in [1.165, 1.54) is 36.2 Å². The molecule has 0 bridgehead atoms. The minimum atomic E-state index is -0.416. The number of ether oxygens (including phenoxy) is 1. The number of hydrogen-bond donors (Lipinski definition) is 0. The third-order valence-electron chi connectivity index (χ3n) is 6.76. The first kappa shape index (κ1) is 20.5. The molecule has 4 rings (SSSR count). The van der Waals surface area contributed by atoms with Gasteiger partial charge in [0.1, 0.15) is 5.60 Å². The molecule has 2 saturated heterocycles. The van der Waals surface area contributed by atoms with E-state index in [0.717, 1.165) is 52.1 Å². The molecule has 1 aromatic rings. The second-order valence-electron chi connectivity index (χ2n) is 10.2. The Labute approximate surface area is 176 Å². The Morgan fingerprint density at radius 1 is 1.14 bits per heavy atom. The molecule has 3 heterocycles. The van der Waals surface area contributed by atoms with Crippen LogP contribution in [0.5, 0.6) is 0 Å². The predicted octanol–water partition coefficient (Wildman–Crippen LogP) is 4.29. The summed E-state index contributed by atoms with van der Waals surface area (Å²) in [4.78, 5) is 19.4. The fraction of sp³-hybridized carbons (Fsp3) is 0.708. The van der Waals surface area contributed by atoms with Crippen molar-refractivity contribution < 1.29 is 9.53 Å². The molecule has 0 aliphatic carbocycles. The van der Waals surface area contributed by atoms with Crippen LogP contribution in [0, 0.1) is 5.41 Å². The first-order valence-electron chi connectivity index (χ1n) is 11.3. The number of carbonyl (C=O) groups excluding carboxylic acids is 1. The summed E-state index contributed by atoms with van der Waals surface area (Å²) in [7, 11) is 0. The molecular weight excluding hydrogens is 362 g/mol. The third-order valence-corrected chi connectivity index (χ3v) is 6.76. The van der Waals surface area contributed by atoms with Gasteiger partial charge in [0.05, 0.1) is 0 Å². The van der Waals surface area contributed by atoms with Crippen LogP contribution in [-0.4, -0.2) is 60.8 Å². The van der Waals surface area contributed by atoms with Crippen LogP contribution in [-0.2, 0) is 17.7 Å². The highest BCUT2D eigenvalue weighted by Crippen LogP contribution is 2.42. The van der Waals surface area contributed by atoms with Crippen LogP contribution in [0.1, 0.15) is 58.1 Å². The number of nitrogens with zero attached hydrogens (tertiary/aromatic N) is 3. The zero-order chi connectivity index (χ0) is 20.6. The molecule has 1 spiro atoms. The highest BCUT2D eigenvalue weighted by molar-refractivity contribution is 5.68. The fourth-order valence-electron chi connectivity index (χ4n) is 5.33. The maximum atomic E-state index is 12.3. The van der Waals surface area contributed by atoms with Gasteiger partial charge in [-0.25, -0.2) is 4.79 Å². The van der Waals surface area contributed by atoms with E-state index in [9.17, 15) is 4.79 Å². The second-order valence-corrected chi connectivity index (χ2v) is 10.2. The van der Waals surface area contributed by atoms with E-state index in [2.05, 4.69) is 34.9 Å². The quantitative estimate of drug-likeness (QED) is 0.760. The maximum Gasteiger partial charge on any atom is 0.410 e. The monoisotopic (exact) mass is 399 g/mol. The minimum absolute atomic E-state index is 0.154. The predicted molar refractivity (Wildman–Crippen MR) is 117 cm³/mol. The molecule has 0 atom stereocenters. The van der Waals surface area contributed by atoms with E-state index >= 15 is 0 Å². The molecule has 1 amide bonds. The smallest absolute Gasteiger partial charge is 0.410 e. The number of rotatable bonds is 3. The summed E-state index contributed by atoms with van der Waals surface area (Å²) in [5, 5.41) is 0. The SMILES string of the molecule is CCN1CCCc2cccc(CN3CC4(CCN(C(=O)OC(C)(C)C)CC4)C3)c21. The van der Waals surface area contributed by atoms with Crippen LogP contribution in [0.4, 0.5) is 10.5 Å². The second kappa shape index (κ2) is 7.82. The Hall–Kier alpha value is -1.75. The number of amides is 1. The highest BCUT2D eigenvalue weighted by Gasteiger charge is 2.45. The van der Waals surface area contributed by atoms with Crippen molar-refractivity contribution in [3.63, 3.8) is 0 Å². The van der Waals surface area contributed by atoms with Crippen molar-refractivity contribution in [1.82, 2.24) is 9.80 Å². The molecule has 2 fully saturated rings. The Morgan fingerprint density at radius 3 is 2.52 bits per heavy atom. The standard InChI is InChI=1S/C24H37N3O2/c1-5-26-13-7-10-19-8-6-9-20(21(19)26)16-25-17-24(18-25)11-14-27(15-12-24)22(28)29-23(2,3)4/h6,8-9H,5,7,10-18H2,1-4H3. The fourth-order valence-corrected chi connectivity index (χ4v) is 5.33. The van der Waals surface area contributed by atoms with Gasteiger partial charge in [0.15, 0.2) is 0 Å². The van der Waals surface area contributed by atoms with Gasteiger partial charge in [-0.05, 0) is 69.9 Å². The molecule has 3 aliphatic heterocycles. The normalized spacial score (nSPS) is 21.7. The lowest BCUT2D eigenvalue weighted by Gasteiger charge is -2.54. The van der Waals surface area contributed by atoms with Crippen molar-refractivity contribution in [3.8, 4) is 0 Å². The third kappa shape index (κ3) is 4.40. The van der Waals surface area contributed by atoms with Crippen molar-refractivity contribution in [3.05, 3.63) is 29.3 Å². The first-order valence-corrected chi connectivity index (χ1v) is 11.3. The number of benzene rings is 1. The van der Waals surface area contributed by atoms with E-state index in [0.29, 0.717) is 5.41 Å². The van der Waals surface area contributed by atoms with Crippen LogP contribution in [0.2, 0.25) is 0 Å². The molecule has 5 heteroatoms. The van der Waals surface area contributed by atoms with Crippen LogP contribution >= 0.6 is 0 Å². The molecule has 3 aliphatic rings. The van der Waals surface area contributed by atoms with E-state index in [4.69, 9.17) is 4.74 Å². The van der Waals surface area contributed by atoms with Crippen molar-refractivity contribution in [1.29, 1.82) is 0 Å². The Balaban J connectivity index is 1.32. The van der Waals surface area contributed by atoms with Crippen LogP contribution in [0.15, 0.2) is 18.2 Å². The molecule has 0 saturated carbocycles. The molecule has 0 radical (unpaired) electrons. The van der Waals surface area contributed by atoms with Gasteiger partial charge in [0.2, 0.25) is 0 Å². The number of fused-ring (bicyclic) bond motifs is 1. The van der Waals surface area contributed by atoms with Gasteiger partial charge in [0.25, 0.3) is 0 Å². The van der Waals surface area contributed by atoms with Crippen molar-refractivity contribution in [2.24, 2.45) is 5.41 Å². The van der Waals surface area contributed by atoms with Crippen LogP contribution in [0.25, 0.3) is 0 Å². The summed E-state index contributed by atoms with van der Waals surface area (Å²) in [5.41, 5.74) is 4.50. The molecule has 0 N–H and O–H groups in total. The summed E-state index contributed by atoms with van der Waals surface area (Å²) < 4.78 is 5.54. The van der Waals surface area contributed by atoms with Gasteiger partial charge in [-0.15, -0.1) is 0 Å². The van der Waals surface area contributed by atoms with Gasteiger partial charge in [-0.2, -0.15) is 0 Å². The topological polar surface area (TPSA) is 36.0 Å². The molecule has 29 heavy (non-hydrogen) atoms. The van der Waals surface area contributed by atoms with E-state index < -0.39 is 5.60 Å². The van der Waals surface area contributed by atoms with Gasteiger partial charge < -0.3 is 14.5 Å². The summed E-state index contributed by atoms with van der Waals surface area (Å²) in [6.45, 7) is 15.4. The lowest BCUT2D eigenvalue weighted by Crippen LogP contribution is -2.60. The van der Waals surface area contributed by atoms with Crippen LogP contribution < -0.4 is 4.90 Å². The number of para-hydroxylation sites is 1. The summed E-state index contributed by atoms with van der Waals surface area (Å²) >= 11 is 0. The van der Waals surface area contributed by atoms with Crippen molar-refractivity contribution in [2.45, 2.75) is 65.5 Å². The minimum Gasteiger partial charge on any atom is -0.444 e. The van der Waals surface area contributed by atoms with Gasteiger partial charge >= 0.3 is 6.09 Å². The Bertz CT molecular complexity index is 739. The number of aryl methyl sites for hydroxylation is 1. The molecular formula is C24H37N3O2. The molecule has 0 aromatic heterocycles. The molecule has 0 unspecified atom stereocenters. The van der Waals surface area contributed by atoms with Gasteiger partial charge in [-0.3, -0.25) is 4.90 Å². The van der Waals surface area contributed by atoms with E-state index in [1.54, 1.807) is 0 Å². The number of carbonyl (C=O) groups is 1. The lowest BCUT2D eigenvalue weighted by atomic mass is 9.72. The van der Waals surface area contributed by atoms with E-state index in [-0.39, 0.29) is 6.09 Å². The number of piperidine rings is 1. The molecule has 1 aromatic carbocycles.